The highest BCUT2D eigenvalue weighted by atomic mass is 35.5. The van der Waals surface area contributed by atoms with Crippen molar-refractivity contribution < 1.29 is 9.53 Å². The lowest BCUT2D eigenvalue weighted by atomic mass is 9.92. The Labute approximate surface area is 196 Å². The van der Waals surface area contributed by atoms with Crippen LogP contribution in [0.1, 0.15) is 31.7 Å². The molecule has 1 aromatic carbocycles. The third-order valence-electron chi connectivity index (χ3n) is 6.10. The van der Waals surface area contributed by atoms with Crippen molar-refractivity contribution in [1.82, 2.24) is 19.7 Å². The summed E-state index contributed by atoms with van der Waals surface area (Å²) >= 11 is 6.41. The number of hydrogen-bond acceptors (Lipinski definition) is 7. The van der Waals surface area contributed by atoms with Crippen LogP contribution >= 0.6 is 11.6 Å². The normalized spacial score (nSPS) is 21.3. The molecule has 33 heavy (non-hydrogen) atoms. The first-order valence-electron chi connectivity index (χ1n) is 11.1. The molecule has 1 aliphatic heterocycles. The van der Waals surface area contributed by atoms with Crippen LogP contribution in [0.15, 0.2) is 42.9 Å². The van der Waals surface area contributed by atoms with Crippen LogP contribution in [-0.4, -0.2) is 51.5 Å². The molecule has 1 unspecified atom stereocenters. The van der Waals surface area contributed by atoms with Crippen molar-refractivity contribution >= 4 is 34.8 Å². The number of morpholine rings is 1. The number of hydrogen-bond donors (Lipinski definition) is 2. The summed E-state index contributed by atoms with van der Waals surface area (Å²) in [6, 6.07) is 8.09. The molecular formula is C23H26ClN7O2. The van der Waals surface area contributed by atoms with Crippen LogP contribution in [0.2, 0.25) is 5.02 Å². The van der Waals surface area contributed by atoms with Gasteiger partial charge in [-0.05, 0) is 49.9 Å². The number of rotatable bonds is 5. The Morgan fingerprint density at radius 3 is 2.82 bits per heavy atom. The van der Waals surface area contributed by atoms with Crippen molar-refractivity contribution in [2.75, 3.05) is 30.0 Å². The fourth-order valence-electron chi connectivity index (χ4n) is 4.38. The van der Waals surface area contributed by atoms with Gasteiger partial charge in [0.2, 0.25) is 5.95 Å². The zero-order chi connectivity index (χ0) is 22.8. The molecule has 3 heterocycles. The standard InChI is InChI=1S/C23H26ClN7O2/c24-20-12-26-23(28-17-4-6-18(7-5-17)30-8-9-33-14-21(30)32)29-22(20)15-11-27-31(13-15)19-3-1-2-16(25)10-19/h4-7,11-13,16,19H,1-3,8-10,14,25H2,(H,26,28,29)/t16-,19?/m1/s1. The highest BCUT2D eigenvalue weighted by Crippen LogP contribution is 2.31. The maximum absolute atomic E-state index is 12.0. The number of amides is 1. The fourth-order valence-corrected chi connectivity index (χ4v) is 4.58. The van der Waals surface area contributed by atoms with Crippen LogP contribution in [0.4, 0.5) is 17.3 Å². The average molecular weight is 468 g/mol. The molecule has 2 atom stereocenters. The Kier molecular flexibility index (Phi) is 6.26. The van der Waals surface area contributed by atoms with E-state index in [1.165, 1.54) is 0 Å². The van der Waals surface area contributed by atoms with Gasteiger partial charge in [-0.1, -0.05) is 11.6 Å². The van der Waals surface area contributed by atoms with E-state index in [0.717, 1.165) is 42.6 Å². The summed E-state index contributed by atoms with van der Waals surface area (Å²) in [5, 5.41) is 8.21. The molecule has 10 heteroatoms. The first kappa shape index (κ1) is 21.8. The molecule has 1 saturated carbocycles. The van der Waals surface area contributed by atoms with E-state index in [9.17, 15) is 4.79 Å². The van der Waals surface area contributed by atoms with Crippen molar-refractivity contribution in [3.8, 4) is 11.3 Å². The van der Waals surface area contributed by atoms with Crippen molar-refractivity contribution in [2.24, 2.45) is 5.73 Å². The van der Waals surface area contributed by atoms with Crippen molar-refractivity contribution in [3.05, 3.63) is 47.9 Å². The van der Waals surface area contributed by atoms with E-state index in [-0.39, 0.29) is 18.6 Å². The second-order valence-corrected chi connectivity index (χ2v) is 8.86. The van der Waals surface area contributed by atoms with Crippen LogP contribution in [0.25, 0.3) is 11.3 Å². The Bertz CT molecular complexity index is 1130. The molecule has 1 saturated heterocycles. The zero-order valence-corrected chi connectivity index (χ0v) is 18.9. The molecule has 0 radical (unpaired) electrons. The molecule has 0 spiro atoms. The minimum absolute atomic E-state index is 0.0385. The average Bonchev–Trinajstić information content (AvgIpc) is 3.32. The van der Waals surface area contributed by atoms with E-state index in [1.807, 2.05) is 35.1 Å². The topological polar surface area (TPSA) is 111 Å². The van der Waals surface area contributed by atoms with Gasteiger partial charge in [0.25, 0.3) is 5.91 Å². The minimum Gasteiger partial charge on any atom is -0.370 e. The first-order valence-corrected chi connectivity index (χ1v) is 11.5. The Morgan fingerprint density at radius 1 is 1.18 bits per heavy atom. The number of carbonyl (C=O) groups is 1. The molecule has 5 rings (SSSR count). The van der Waals surface area contributed by atoms with Gasteiger partial charge in [0.05, 0.1) is 35.8 Å². The van der Waals surface area contributed by atoms with Gasteiger partial charge in [0, 0.05) is 35.7 Å². The quantitative estimate of drug-likeness (QED) is 0.590. The summed E-state index contributed by atoms with van der Waals surface area (Å²) in [7, 11) is 0. The van der Waals surface area contributed by atoms with Gasteiger partial charge in [-0.3, -0.25) is 9.48 Å². The Hall–Kier alpha value is -3.01. The van der Waals surface area contributed by atoms with Gasteiger partial charge in [0.15, 0.2) is 0 Å². The van der Waals surface area contributed by atoms with Gasteiger partial charge in [-0.15, -0.1) is 0 Å². The van der Waals surface area contributed by atoms with E-state index < -0.39 is 0 Å². The second-order valence-electron chi connectivity index (χ2n) is 8.45. The lowest BCUT2D eigenvalue weighted by molar-refractivity contribution is -0.125. The van der Waals surface area contributed by atoms with E-state index in [0.29, 0.717) is 35.9 Å². The highest BCUT2D eigenvalue weighted by Gasteiger charge is 2.22. The summed E-state index contributed by atoms with van der Waals surface area (Å²) in [5.41, 5.74) is 9.24. The number of anilines is 3. The van der Waals surface area contributed by atoms with Crippen LogP contribution in [0.3, 0.4) is 0 Å². The number of nitrogens with zero attached hydrogens (tertiary/aromatic N) is 5. The predicted molar refractivity (Wildman–Crippen MR) is 127 cm³/mol. The number of nitrogens with two attached hydrogens (primary N) is 1. The van der Waals surface area contributed by atoms with E-state index >= 15 is 0 Å². The molecule has 2 aliphatic rings. The van der Waals surface area contributed by atoms with Crippen LogP contribution in [0.5, 0.6) is 0 Å². The monoisotopic (exact) mass is 467 g/mol. The molecule has 2 aromatic heterocycles. The van der Waals surface area contributed by atoms with Crippen molar-refractivity contribution in [1.29, 1.82) is 0 Å². The molecular weight excluding hydrogens is 442 g/mol. The molecule has 0 bridgehead atoms. The highest BCUT2D eigenvalue weighted by molar-refractivity contribution is 6.32. The number of ether oxygens (including phenoxy) is 1. The Balaban J connectivity index is 1.31. The van der Waals surface area contributed by atoms with E-state index in [2.05, 4.69) is 20.4 Å². The maximum Gasteiger partial charge on any atom is 0.253 e. The SMILES string of the molecule is N[C@@H]1CCCC(n2cc(-c3nc(Nc4ccc(N5CCOCC5=O)cc4)ncc3Cl)cn2)C1. The number of halogens is 1. The van der Waals surface area contributed by atoms with Gasteiger partial charge < -0.3 is 20.7 Å². The molecule has 3 N–H and O–H groups in total. The first-order chi connectivity index (χ1) is 16.1. The Morgan fingerprint density at radius 2 is 2.03 bits per heavy atom. The summed E-state index contributed by atoms with van der Waals surface area (Å²) in [4.78, 5) is 22.7. The predicted octanol–water partition coefficient (Wildman–Crippen LogP) is 3.54. The molecule has 1 amide bonds. The van der Waals surface area contributed by atoms with Crippen molar-refractivity contribution in [2.45, 2.75) is 37.8 Å². The molecule has 9 nitrogen and oxygen atoms in total. The third-order valence-corrected chi connectivity index (χ3v) is 6.38. The summed E-state index contributed by atoms with van der Waals surface area (Å²) in [5.74, 6) is 0.389. The maximum atomic E-state index is 12.0. The summed E-state index contributed by atoms with van der Waals surface area (Å²) in [6.45, 7) is 1.21. The molecule has 1 aliphatic carbocycles. The van der Waals surface area contributed by atoms with E-state index in [1.54, 1.807) is 17.3 Å². The van der Waals surface area contributed by atoms with Crippen LogP contribution < -0.4 is 16.0 Å². The van der Waals surface area contributed by atoms with Gasteiger partial charge in [-0.2, -0.15) is 5.10 Å². The van der Waals surface area contributed by atoms with Gasteiger partial charge in [0.1, 0.15) is 6.61 Å². The number of benzene rings is 1. The largest absolute Gasteiger partial charge is 0.370 e. The number of carbonyl (C=O) groups excluding carboxylic acids is 1. The summed E-state index contributed by atoms with van der Waals surface area (Å²) < 4.78 is 7.17. The lowest BCUT2D eigenvalue weighted by Gasteiger charge is -2.26. The van der Waals surface area contributed by atoms with Crippen molar-refractivity contribution in [3.63, 3.8) is 0 Å². The van der Waals surface area contributed by atoms with Crippen LogP contribution in [0, 0.1) is 0 Å². The number of nitrogens with one attached hydrogen (secondary N) is 1. The lowest BCUT2D eigenvalue weighted by Crippen LogP contribution is -2.41. The molecule has 172 valence electrons. The fraction of sp³-hybridized carbons (Fsp3) is 0.391. The van der Waals surface area contributed by atoms with E-state index in [4.69, 9.17) is 22.1 Å². The summed E-state index contributed by atoms with van der Waals surface area (Å²) in [6.07, 6.45) is 9.54. The minimum atomic E-state index is -0.0385. The van der Waals surface area contributed by atoms with Gasteiger partial charge >= 0.3 is 0 Å². The van der Waals surface area contributed by atoms with Crippen LogP contribution in [-0.2, 0) is 9.53 Å². The smallest absolute Gasteiger partial charge is 0.253 e. The zero-order valence-electron chi connectivity index (χ0n) is 18.2. The third kappa shape index (κ3) is 4.85. The second kappa shape index (κ2) is 9.46. The number of aromatic nitrogens is 4. The van der Waals surface area contributed by atoms with Gasteiger partial charge in [-0.25, -0.2) is 9.97 Å². The molecule has 3 aromatic rings. The molecule has 2 fully saturated rings.